The van der Waals surface area contributed by atoms with E-state index in [1.165, 1.54) is 0 Å². The Morgan fingerprint density at radius 3 is 0.333 bits per heavy atom. The van der Waals surface area contributed by atoms with Crippen molar-refractivity contribution in [3.8, 4) is 0 Å². The molecule has 0 aliphatic heterocycles. The van der Waals surface area contributed by atoms with Crippen molar-refractivity contribution in [2.24, 2.45) is 27.1 Å². The van der Waals surface area contributed by atoms with E-state index in [2.05, 4.69) is 0 Å². The Bertz CT molecular complexity index is 1050. The first-order valence-electron chi connectivity index (χ1n) is 10.0. The average Bonchev–Trinajstić information content (AvgIpc) is 2.61. The molecule has 0 heterocycles. The molecule has 0 saturated heterocycles. The highest BCUT2D eigenvalue weighted by Crippen LogP contribution is 2.98. The maximum Gasteiger partial charge on any atom is 0.410 e. The molecule has 0 radical (unpaired) electrons. The fourth-order valence-corrected chi connectivity index (χ4v) is 6.51. The first-order valence-corrected chi connectivity index (χ1v) is 10.0. The minimum Gasteiger partial charge on any atom is -0.204 e. The molecule has 0 unspecified atom stereocenters. The summed E-state index contributed by atoms with van der Waals surface area (Å²) in [6.07, 6.45) is -108. The minimum atomic E-state index is -12.1. The molecule has 0 atom stereocenters. The molecule has 0 aromatic rings. The molecule has 0 bridgehead atoms. The van der Waals surface area contributed by atoms with Gasteiger partial charge in [0.15, 0.2) is 0 Å². The van der Waals surface area contributed by atoms with Crippen molar-refractivity contribution < 1.29 is 140 Å². The lowest BCUT2D eigenvalue weighted by atomic mass is 9.27. The third-order valence-corrected chi connectivity index (χ3v) is 7.44. The number of halogens is 32. The molecule has 288 valence electrons. The molecule has 1 aliphatic carbocycles. The summed E-state index contributed by atoms with van der Waals surface area (Å²) >= 11 is 0. The van der Waals surface area contributed by atoms with Crippen molar-refractivity contribution in [1.82, 2.24) is 0 Å². The molecule has 1 saturated carbocycles. The van der Waals surface area contributed by atoms with Crippen molar-refractivity contribution in [3.63, 3.8) is 0 Å². The van der Waals surface area contributed by atoms with Gasteiger partial charge in [-0.05, 0) is 0 Å². The zero-order chi connectivity index (χ0) is 40.0. The first-order chi connectivity index (χ1) is 20.0. The third kappa shape index (κ3) is 3.98. The summed E-state index contributed by atoms with van der Waals surface area (Å²) in [5.74, 6) is -11.6. The Kier molecular flexibility index (Phi) is 8.89. The van der Waals surface area contributed by atoms with Gasteiger partial charge in [-0.2, -0.15) is 132 Å². The van der Waals surface area contributed by atoms with Crippen LogP contribution < -0.4 is 0 Å². The number of rotatable bonds is 0. The van der Waals surface area contributed by atoms with E-state index < -0.39 is 94.8 Å². The van der Waals surface area contributed by atoms with Crippen LogP contribution >= 0.6 is 0 Å². The fourth-order valence-electron chi connectivity index (χ4n) is 6.51. The van der Waals surface area contributed by atoms with Gasteiger partial charge in [-0.3, -0.25) is 0 Å². The molecule has 32 heteroatoms. The molecule has 48 heavy (non-hydrogen) atoms. The van der Waals surface area contributed by atoms with E-state index in [0.29, 0.717) is 0 Å². The molecule has 1 fully saturated rings. The second kappa shape index (κ2) is 9.75. The molecule has 0 aromatic heterocycles. The highest BCUT2D eigenvalue weighted by molar-refractivity contribution is 5.43. The topological polar surface area (TPSA) is 0 Å². The second-order valence-corrected chi connectivity index (χ2v) is 9.30. The van der Waals surface area contributed by atoms with Crippen molar-refractivity contribution >= 4 is 0 Å². The normalized spacial score (nSPS) is 24.0. The lowest BCUT2D eigenvalue weighted by Gasteiger charge is -2.74. The fraction of sp³-hybridized carbons (Fsp3) is 1.00. The summed E-state index contributed by atoms with van der Waals surface area (Å²) in [6, 6.07) is 0. The number of alkyl halides is 32. The summed E-state index contributed by atoms with van der Waals surface area (Å²) in [7, 11) is 0. The SMILES string of the molecule is FC(F)(F)C1(C(F)(F)F)C(F)(F)C(C(F)(F)F)(C(F)(F)F)C(C(F)(F)F)(C(F)(F)F)C(C(F)(F)F)(C(F)(F)F)C1(C(F)(F)F)C(F)(F)F. The van der Waals surface area contributed by atoms with Gasteiger partial charge in [0.05, 0.1) is 0 Å². The van der Waals surface area contributed by atoms with Crippen molar-refractivity contribution in [2.45, 2.75) is 67.7 Å². The van der Waals surface area contributed by atoms with Crippen molar-refractivity contribution in [3.05, 3.63) is 0 Å². The van der Waals surface area contributed by atoms with Gasteiger partial charge in [-0.15, -0.1) is 0 Å². The lowest BCUT2D eigenvalue weighted by molar-refractivity contribution is -0.675. The van der Waals surface area contributed by atoms with Crippen molar-refractivity contribution in [1.29, 1.82) is 0 Å². The van der Waals surface area contributed by atoms with Crippen LogP contribution in [0.15, 0.2) is 0 Å². The standard InChI is InChI=1S/C16F32/c17-6(18)4(13(37,38)39,14(40,41)42)2(9(25,26)27,10(28,29)30)1(7(19,20)21,8(22,23)24)3(11(31,32)33,12(34,35)36)5(6,15(43,44)45)16(46,47)48. The predicted molar refractivity (Wildman–Crippen MR) is 77.7 cm³/mol. The van der Waals surface area contributed by atoms with E-state index in [0.717, 1.165) is 0 Å². The van der Waals surface area contributed by atoms with Gasteiger partial charge in [-0.1, -0.05) is 0 Å². The molecule has 1 rings (SSSR count). The molecule has 0 amide bonds. The van der Waals surface area contributed by atoms with Crippen LogP contribution in [0.4, 0.5) is 140 Å². The summed E-state index contributed by atoms with van der Waals surface area (Å²) in [5.41, 5.74) is -59.2. The second-order valence-electron chi connectivity index (χ2n) is 9.30. The zero-order valence-electron chi connectivity index (χ0n) is 20.1. The van der Waals surface area contributed by atoms with Crippen LogP contribution in [0.5, 0.6) is 0 Å². The molecule has 0 spiro atoms. The Labute approximate surface area is 237 Å². The van der Waals surface area contributed by atoms with E-state index in [9.17, 15) is 132 Å². The average molecular weight is 800 g/mol. The maximum atomic E-state index is 15.4. The lowest BCUT2D eigenvalue weighted by Crippen LogP contribution is -3.00. The summed E-state index contributed by atoms with van der Waals surface area (Å²) in [6.45, 7) is 0. The van der Waals surface area contributed by atoms with Gasteiger partial charge in [-0.25, -0.2) is 8.78 Å². The van der Waals surface area contributed by atoms with Gasteiger partial charge in [0.1, 0.15) is 0 Å². The van der Waals surface area contributed by atoms with Crippen LogP contribution in [0.1, 0.15) is 0 Å². The molecule has 1 aliphatic rings. The van der Waals surface area contributed by atoms with Gasteiger partial charge >= 0.3 is 61.8 Å². The predicted octanol–water partition coefficient (Wildman–Crippen LogP) is 11.2. The zero-order valence-corrected chi connectivity index (χ0v) is 20.1. The number of hydrogen-bond donors (Lipinski definition) is 0. The summed E-state index contributed by atoms with van der Waals surface area (Å²) in [5, 5.41) is 0. The molecular formula is C16F32. The molecule has 0 N–H and O–H groups in total. The quantitative estimate of drug-likeness (QED) is 0.214. The Balaban J connectivity index is 6.30. The minimum absolute atomic E-state index is 10.6. The summed E-state index contributed by atoms with van der Waals surface area (Å²) in [4.78, 5) is 0. The van der Waals surface area contributed by atoms with Crippen LogP contribution in [-0.2, 0) is 0 Å². The highest BCUT2D eigenvalue weighted by Gasteiger charge is 3.24. The molecule has 0 nitrogen and oxygen atoms in total. The smallest absolute Gasteiger partial charge is 0.204 e. The van der Waals surface area contributed by atoms with Crippen LogP contribution in [-0.4, -0.2) is 67.7 Å². The van der Waals surface area contributed by atoms with Crippen LogP contribution in [0.2, 0.25) is 0 Å². The molecule has 0 aromatic carbocycles. The van der Waals surface area contributed by atoms with E-state index in [1.54, 1.807) is 0 Å². The van der Waals surface area contributed by atoms with Crippen LogP contribution in [0.25, 0.3) is 0 Å². The Morgan fingerprint density at radius 2 is 0.250 bits per heavy atom. The third-order valence-electron chi connectivity index (χ3n) is 7.44. The monoisotopic (exact) mass is 800 g/mol. The van der Waals surface area contributed by atoms with Crippen LogP contribution in [0, 0.1) is 27.1 Å². The van der Waals surface area contributed by atoms with Gasteiger partial charge in [0, 0.05) is 0 Å². The Hall–Kier alpha value is -2.24. The van der Waals surface area contributed by atoms with E-state index in [4.69, 9.17) is 0 Å². The maximum absolute atomic E-state index is 15.4. The van der Waals surface area contributed by atoms with E-state index in [1.807, 2.05) is 0 Å². The Morgan fingerprint density at radius 1 is 0.167 bits per heavy atom. The summed E-state index contributed by atoms with van der Waals surface area (Å²) < 4.78 is 454. The largest absolute Gasteiger partial charge is 0.410 e. The number of hydrogen-bond acceptors (Lipinski definition) is 0. The van der Waals surface area contributed by atoms with Crippen molar-refractivity contribution in [2.75, 3.05) is 0 Å². The highest BCUT2D eigenvalue weighted by atomic mass is 19.5. The van der Waals surface area contributed by atoms with E-state index >= 15 is 8.78 Å². The van der Waals surface area contributed by atoms with Gasteiger partial charge in [0.2, 0.25) is 27.1 Å². The first kappa shape index (κ1) is 43.8. The van der Waals surface area contributed by atoms with Crippen LogP contribution in [0.3, 0.4) is 0 Å². The van der Waals surface area contributed by atoms with Gasteiger partial charge in [0.25, 0.3) is 5.92 Å². The van der Waals surface area contributed by atoms with E-state index in [-0.39, 0.29) is 0 Å². The molecular weight excluding hydrogens is 800 g/mol. The van der Waals surface area contributed by atoms with Gasteiger partial charge < -0.3 is 0 Å².